The van der Waals surface area contributed by atoms with Crippen LogP contribution in [0.4, 0.5) is 14.9 Å². The molecule has 2 rings (SSSR count). The number of anilines is 1. The molecule has 5 nitrogen and oxygen atoms in total. The number of rotatable bonds is 6. The maximum atomic E-state index is 13.7. The first-order valence-electron chi connectivity index (χ1n) is 9.30. The van der Waals surface area contributed by atoms with E-state index >= 15 is 0 Å². The van der Waals surface area contributed by atoms with Crippen molar-refractivity contribution in [3.8, 4) is 0 Å². The molecule has 0 aliphatic rings. The fourth-order valence-corrected chi connectivity index (χ4v) is 3.21. The number of benzene rings is 2. The monoisotopic (exact) mass is 385 g/mol. The minimum absolute atomic E-state index is 0.0784. The summed E-state index contributed by atoms with van der Waals surface area (Å²) in [5.74, 6) is -0.561. The van der Waals surface area contributed by atoms with Gasteiger partial charge in [-0.05, 0) is 56.9 Å². The normalized spacial score (nSPS) is 11.6. The Morgan fingerprint density at radius 2 is 1.71 bits per heavy atom. The maximum absolute atomic E-state index is 13.7. The third-order valence-electron chi connectivity index (χ3n) is 4.52. The van der Waals surface area contributed by atoms with Gasteiger partial charge in [0.05, 0.1) is 0 Å². The van der Waals surface area contributed by atoms with Crippen LogP contribution in [0.3, 0.4) is 0 Å². The number of urea groups is 1. The summed E-state index contributed by atoms with van der Waals surface area (Å²) in [6, 6.07) is 9.85. The van der Waals surface area contributed by atoms with Gasteiger partial charge in [0.15, 0.2) is 0 Å². The van der Waals surface area contributed by atoms with Crippen LogP contribution >= 0.6 is 0 Å². The lowest BCUT2D eigenvalue weighted by Gasteiger charge is -2.22. The third-order valence-corrected chi connectivity index (χ3v) is 4.52. The van der Waals surface area contributed by atoms with Crippen molar-refractivity contribution < 1.29 is 14.0 Å². The average molecular weight is 385 g/mol. The maximum Gasteiger partial charge on any atom is 0.317 e. The topological polar surface area (TPSA) is 61.4 Å². The average Bonchev–Trinajstić information content (AvgIpc) is 2.60. The summed E-state index contributed by atoms with van der Waals surface area (Å²) in [7, 11) is 1.56. The fourth-order valence-electron chi connectivity index (χ4n) is 3.21. The highest BCUT2D eigenvalue weighted by atomic mass is 19.1. The molecule has 0 bridgehead atoms. The van der Waals surface area contributed by atoms with E-state index in [-0.39, 0.29) is 30.3 Å². The van der Waals surface area contributed by atoms with Crippen molar-refractivity contribution in [2.75, 3.05) is 18.9 Å². The summed E-state index contributed by atoms with van der Waals surface area (Å²) in [5.41, 5.74) is 4.42. The number of hydrogen-bond donors (Lipinski definition) is 2. The molecule has 0 saturated heterocycles. The fraction of sp³-hybridized carbons (Fsp3) is 0.364. The second-order valence-electron chi connectivity index (χ2n) is 7.32. The van der Waals surface area contributed by atoms with Gasteiger partial charge in [-0.2, -0.15) is 0 Å². The largest absolute Gasteiger partial charge is 0.335 e. The standard InChI is InChI=1S/C22H28FN3O2/c1-14-10-15(2)21(16(3)11-14)25-20(27)13-26(5)22(28)24-17(4)12-18-8-6-7-9-19(18)23/h6-11,17H,12-13H2,1-5H3,(H,24,28)(H,25,27). The predicted octanol–water partition coefficient (Wildman–Crippen LogP) is 3.96. The molecule has 1 unspecified atom stereocenters. The van der Waals surface area contributed by atoms with E-state index in [1.807, 2.05) is 32.9 Å². The van der Waals surface area contributed by atoms with Crippen LogP contribution in [0.5, 0.6) is 0 Å². The molecule has 150 valence electrons. The highest BCUT2D eigenvalue weighted by Crippen LogP contribution is 2.21. The van der Waals surface area contributed by atoms with Crippen molar-refractivity contribution in [1.29, 1.82) is 0 Å². The van der Waals surface area contributed by atoms with Crippen molar-refractivity contribution in [3.05, 3.63) is 64.5 Å². The quantitative estimate of drug-likeness (QED) is 0.791. The molecule has 6 heteroatoms. The van der Waals surface area contributed by atoms with Crippen LogP contribution in [0.15, 0.2) is 36.4 Å². The Bertz CT molecular complexity index is 844. The molecule has 0 heterocycles. The molecule has 0 radical (unpaired) electrons. The molecule has 2 N–H and O–H groups in total. The SMILES string of the molecule is Cc1cc(C)c(NC(=O)CN(C)C(=O)NC(C)Cc2ccccc2F)c(C)c1. The molecule has 1 atom stereocenters. The summed E-state index contributed by atoms with van der Waals surface area (Å²) < 4.78 is 13.7. The Kier molecular flexibility index (Phi) is 7.15. The van der Waals surface area contributed by atoms with Crippen molar-refractivity contribution in [1.82, 2.24) is 10.2 Å². The zero-order valence-corrected chi connectivity index (χ0v) is 17.1. The van der Waals surface area contributed by atoms with Crippen LogP contribution in [0.25, 0.3) is 0 Å². The van der Waals surface area contributed by atoms with E-state index < -0.39 is 0 Å². The van der Waals surface area contributed by atoms with Gasteiger partial charge < -0.3 is 15.5 Å². The number of carbonyl (C=O) groups is 2. The Morgan fingerprint density at radius 1 is 1.11 bits per heavy atom. The van der Waals surface area contributed by atoms with Gasteiger partial charge in [0.2, 0.25) is 5.91 Å². The highest BCUT2D eigenvalue weighted by molar-refractivity contribution is 5.95. The van der Waals surface area contributed by atoms with Gasteiger partial charge in [0, 0.05) is 18.8 Å². The number of nitrogens with one attached hydrogen (secondary N) is 2. The van der Waals surface area contributed by atoms with Crippen LogP contribution < -0.4 is 10.6 Å². The number of amides is 3. The van der Waals surface area contributed by atoms with Gasteiger partial charge in [-0.15, -0.1) is 0 Å². The van der Waals surface area contributed by atoms with Crippen LogP contribution in [0.1, 0.15) is 29.2 Å². The molecule has 0 aromatic heterocycles. The minimum atomic E-state index is -0.378. The van der Waals surface area contributed by atoms with Gasteiger partial charge in [-0.25, -0.2) is 9.18 Å². The second-order valence-corrected chi connectivity index (χ2v) is 7.32. The minimum Gasteiger partial charge on any atom is -0.335 e. The molecule has 0 aliphatic carbocycles. The molecular formula is C22H28FN3O2. The first-order valence-corrected chi connectivity index (χ1v) is 9.30. The van der Waals surface area contributed by atoms with Gasteiger partial charge in [-0.1, -0.05) is 35.9 Å². The molecule has 3 amide bonds. The van der Waals surface area contributed by atoms with Crippen molar-refractivity contribution >= 4 is 17.6 Å². The Hall–Kier alpha value is -2.89. The van der Waals surface area contributed by atoms with Gasteiger partial charge in [0.1, 0.15) is 12.4 Å². The molecule has 2 aromatic rings. The molecular weight excluding hydrogens is 357 g/mol. The molecule has 0 saturated carbocycles. The number of halogens is 1. The van der Waals surface area contributed by atoms with E-state index in [1.54, 1.807) is 32.2 Å². The van der Waals surface area contributed by atoms with E-state index in [2.05, 4.69) is 10.6 Å². The Balaban J connectivity index is 1.89. The van der Waals surface area contributed by atoms with Gasteiger partial charge in [-0.3, -0.25) is 4.79 Å². The second kappa shape index (κ2) is 9.35. The number of aryl methyl sites for hydroxylation is 3. The van der Waals surface area contributed by atoms with E-state index in [0.29, 0.717) is 12.0 Å². The predicted molar refractivity (Wildman–Crippen MR) is 110 cm³/mol. The molecule has 2 aromatic carbocycles. The zero-order valence-electron chi connectivity index (χ0n) is 17.1. The lowest BCUT2D eigenvalue weighted by atomic mass is 10.1. The van der Waals surface area contributed by atoms with Crippen LogP contribution in [-0.2, 0) is 11.2 Å². The van der Waals surface area contributed by atoms with Crippen molar-refractivity contribution in [2.24, 2.45) is 0 Å². The summed E-state index contributed by atoms with van der Waals surface area (Å²) in [6.45, 7) is 7.61. The molecule has 0 spiro atoms. The summed E-state index contributed by atoms with van der Waals surface area (Å²) >= 11 is 0. The summed E-state index contributed by atoms with van der Waals surface area (Å²) in [5, 5.41) is 5.68. The highest BCUT2D eigenvalue weighted by Gasteiger charge is 2.17. The number of nitrogens with zero attached hydrogens (tertiary/aromatic N) is 1. The number of likely N-dealkylation sites (N-methyl/N-ethyl adjacent to an activating group) is 1. The first-order chi connectivity index (χ1) is 13.2. The van der Waals surface area contributed by atoms with Gasteiger partial charge >= 0.3 is 6.03 Å². The number of hydrogen-bond acceptors (Lipinski definition) is 2. The lowest BCUT2D eigenvalue weighted by molar-refractivity contribution is -0.116. The Labute approximate surface area is 165 Å². The van der Waals surface area contributed by atoms with E-state index in [4.69, 9.17) is 0 Å². The van der Waals surface area contributed by atoms with E-state index in [0.717, 1.165) is 22.4 Å². The van der Waals surface area contributed by atoms with Gasteiger partial charge in [0.25, 0.3) is 0 Å². The summed E-state index contributed by atoms with van der Waals surface area (Å²) in [4.78, 5) is 26.0. The molecule has 28 heavy (non-hydrogen) atoms. The summed E-state index contributed by atoms with van der Waals surface area (Å²) in [6.07, 6.45) is 0.375. The third kappa shape index (κ3) is 5.81. The van der Waals surface area contributed by atoms with Crippen molar-refractivity contribution in [2.45, 2.75) is 40.2 Å². The van der Waals surface area contributed by atoms with Crippen LogP contribution in [0.2, 0.25) is 0 Å². The first kappa shape index (κ1) is 21.4. The lowest BCUT2D eigenvalue weighted by Crippen LogP contribution is -2.45. The van der Waals surface area contributed by atoms with Crippen LogP contribution in [0, 0.1) is 26.6 Å². The van der Waals surface area contributed by atoms with Crippen LogP contribution in [-0.4, -0.2) is 36.5 Å². The molecule has 0 aliphatic heterocycles. The van der Waals surface area contributed by atoms with Crippen molar-refractivity contribution in [3.63, 3.8) is 0 Å². The van der Waals surface area contributed by atoms with E-state index in [1.165, 1.54) is 11.0 Å². The molecule has 0 fully saturated rings. The smallest absolute Gasteiger partial charge is 0.317 e. The Morgan fingerprint density at radius 3 is 2.32 bits per heavy atom. The number of carbonyl (C=O) groups excluding carboxylic acids is 2. The van der Waals surface area contributed by atoms with E-state index in [9.17, 15) is 14.0 Å². The zero-order chi connectivity index (χ0) is 20.8.